The molecule has 0 aliphatic carbocycles. The van der Waals surface area contributed by atoms with Crippen LogP contribution in [0.25, 0.3) is 5.69 Å². The van der Waals surface area contributed by atoms with Gasteiger partial charge in [0, 0.05) is 22.7 Å². The lowest BCUT2D eigenvalue weighted by Gasteiger charge is -2.15. The van der Waals surface area contributed by atoms with Crippen molar-refractivity contribution in [2.24, 2.45) is 4.99 Å². The fraction of sp³-hybridized carbons (Fsp3) is 0.150. The van der Waals surface area contributed by atoms with Crippen molar-refractivity contribution in [2.45, 2.75) is 13.1 Å². The van der Waals surface area contributed by atoms with Gasteiger partial charge in [-0.15, -0.1) is 16.8 Å². The lowest BCUT2D eigenvalue weighted by molar-refractivity contribution is 0.607. The van der Waals surface area contributed by atoms with Gasteiger partial charge in [-0.25, -0.2) is 4.39 Å². The smallest absolute Gasteiger partial charge is 0.159 e. The van der Waals surface area contributed by atoms with Crippen molar-refractivity contribution in [1.82, 2.24) is 20.1 Å². The van der Waals surface area contributed by atoms with Crippen molar-refractivity contribution >= 4 is 17.3 Å². The number of rotatable bonds is 5. The number of hydrogen-bond donors (Lipinski definition) is 1. The van der Waals surface area contributed by atoms with Gasteiger partial charge < -0.3 is 5.32 Å². The van der Waals surface area contributed by atoms with E-state index >= 15 is 0 Å². The Balaban J connectivity index is 1.89. The molecule has 3 aromatic rings. The number of fused-ring (bicyclic) bond motifs is 3. The molecule has 0 fully saturated rings. The number of para-hydroxylation sites is 1. The van der Waals surface area contributed by atoms with Crippen LogP contribution in [0.1, 0.15) is 22.8 Å². The Kier molecular flexibility index (Phi) is 4.83. The average molecular weight is 382 g/mol. The Morgan fingerprint density at radius 1 is 1.15 bits per heavy atom. The van der Waals surface area contributed by atoms with Crippen molar-refractivity contribution in [3.05, 3.63) is 88.7 Å². The minimum Gasteiger partial charge on any atom is -0.306 e. The van der Waals surface area contributed by atoms with E-state index in [-0.39, 0.29) is 12.4 Å². The van der Waals surface area contributed by atoms with Crippen molar-refractivity contribution in [2.75, 3.05) is 6.54 Å². The van der Waals surface area contributed by atoms with Crippen LogP contribution in [0.3, 0.4) is 0 Å². The largest absolute Gasteiger partial charge is 0.306 e. The molecule has 0 radical (unpaired) electrons. The average Bonchev–Trinajstić information content (AvgIpc) is 2.98. The van der Waals surface area contributed by atoms with Gasteiger partial charge in [0.05, 0.1) is 17.9 Å². The molecule has 1 aromatic heterocycles. The Labute approximate surface area is 161 Å². The molecule has 27 heavy (non-hydrogen) atoms. The Bertz CT molecular complexity index is 1040. The third kappa shape index (κ3) is 3.18. The number of benzene rings is 2. The number of hydrogen-bond acceptors (Lipinski definition) is 4. The molecule has 4 rings (SSSR count). The van der Waals surface area contributed by atoms with Gasteiger partial charge in [0.2, 0.25) is 0 Å². The zero-order valence-electron chi connectivity index (χ0n) is 14.5. The SMILES string of the molecule is C=CCNCc1nnc2n1-c1c(F)cccc1C(c1ccccc1Cl)=NC2. The standard InChI is InChI=1S/C20H17ClFN5/c1-2-10-23-11-17-25-26-18-12-24-19(13-6-3-4-8-15(13)21)14-7-5-9-16(22)20(14)27(17)18/h2-9,23H,1,10-12H2. The van der Waals surface area contributed by atoms with E-state index in [0.717, 1.165) is 5.56 Å². The second kappa shape index (κ2) is 7.42. The number of aromatic nitrogens is 3. The highest BCUT2D eigenvalue weighted by molar-refractivity contribution is 6.35. The van der Waals surface area contributed by atoms with Crippen LogP contribution in [0.15, 0.2) is 60.1 Å². The topological polar surface area (TPSA) is 55.1 Å². The van der Waals surface area contributed by atoms with Crippen LogP contribution < -0.4 is 5.32 Å². The molecular weight excluding hydrogens is 365 g/mol. The molecule has 0 saturated carbocycles. The summed E-state index contributed by atoms with van der Waals surface area (Å²) in [5.74, 6) is 0.841. The number of nitrogens with one attached hydrogen (secondary N) is 1. The molecule has 5 nitrogen and oxygen atoms in total. The van der Waals surface area contributed by atoms with E-state index in [2.05, 4.69) is 22.1 Å². The van der Waals surface area contributed by atoms with E-state index in [1.807, 2.05) is 24.3 Å². The predicted octanol–water partition coefficient (Wildman–Crippen LogP) is 3.69. The lowest BCUT2D eigenvalue weighted by atomic mass is 10.00. The molecule has 0 bridgehead atoms. The molecule has 136 valence electrons. The Morgan fingerprint density at radius 3 is 2.78 bits per heavy atom. The van der Waals surface area contributed by atoms with Gasteiger partial charge in [0.25, 0.3) is 0 Å². The van der Waals surface area contributed by atoms with Gasteiger partial charge in [0.15, 0.2) is 11.6 Å². The van der Waals surface area contributed by atoms with Gasteiger partial charge in [-0.3, -0.25) is 9.56 Å². The molecule has 7 heteroatoms. The molecule has 0 saturated heterocycles. The van der Waals surface area contributed by atoms with Gasteiger partial charge in [0.1, 0.15) is 12.4 Å². The van der Waals surface area contributed by atoms with Crippen molar-refractivity contribution in [3.8, 4) is 5.69 Å². The van der Waals surface area contributed by atoms with Crippen LogP contribution in [0.5, 0.6) is 0 Å². The summed E-state index contributed by atoms with van der Waals surface area (Å²) < 4.78 is 16.7. The van der Waals surface area contributed by atoms with Crippen molar-refractivity contribution < 1.29 is 4.39 Å². The number of nitrogens with zero attached hydrogens (tertiary/aromatic N) is 4. The van der Waals surface area contributed by atoms with Crippen LogP contribution in [0.2, 0.25) is 5.02 Å². The normalized spacial score (nSPS) is 12.7. The molecular formula is C20H17ClFN5. The maximum absolute atomic E-state index is 15.0. The first-order valence-electron chi connectivity index (χ1n) is 8.54. The zero-order chi connectivity index (χ0) is 18.8. The van der Waals surface area contributed by atoms with E-state index in [1.54, 1.807) is 22.8 Å². The zero-order valence-corrected chi connectivity index (χ0v) is 15.2. The fourth-order valence-electron chi connectivity index (χ4n) is 3.17. The quantitative estimate of drug-likeness (QED) is 0.541. The third-order valence-electron chi connectivity index (χ3n) is 4.34. The summed E-state index contributed by atoms with van der Waals surface area (Å²) in [6.45, 7) is 5.03. The summed E-state index contributed by atoms with van der Waals surface area (Å²) in [6, 6.07) is 12.4. The van der Waals surface area contributed by atoms with Crippen LogP contribution in [-0.2, 0) is 13.1 Å². The van der Waals surface area contributed by atoms with Crippen LogP contribution in [-0.4, -0.2) is 27.0 Å². The molecule has 2 aromatic carbocycles. The first-order valence-corrected chi connectivity index (χ1v) is 8.92. The van der Waals surface area contributed by atoms with E-state index in [9.17, 15) is 4.39 Å². The van der Waals surface area contributed by atoms with Gasteiger partial charge in [-0.2, -0.15) is 0 Å². The Hall–Kier alpha value is -2.83. The summed E-state index contributed by atoms with van der Waals surface area (Å²) >= 11 is 6.39. The molecule has 0 atom stereocenters. The highest BCUT2D eigenvalue weighted by Crippen LogP contribution is 2.30. The summed E-state index contributed by atoms with van der Waals surface area (Å²) in [5, 5.41) is 12.2. The monoisotopic (exact) mass is 381 g/mol. The summed E-state index contributed by atoms with van der Waals surface area (Å²) in [6.07, 6.45) is 1.76. The lowest BCUT2D eigenvalue weighted by Crippen LogP contribution is -2.18. The van der Waals surface area contributed by atoms with Gasteiger partial charge in [-0.1, -0.05) is 48.0 Å². The maximum Gasteiger partial charge on any atom is 0.159 e. The molecule has 1 N–H and O–H groups in total. The first-order chi connectivity index (χ1) is 13.2. The van der Waals surface area contributed by atoms with Crippen molar-refractivity contribution in [1.29, 1.82) is 0 Å². The van der Waals surface area contributed by atoms with Crippen LogP contribution in [0, 0.1) is 5.82 Å². The molecule has 0 spiro atoms. The molecule has 1 aliphatic heterocycles. The molecule has 1 aliphatic rings. The van der Waals surface area contributed by atoms with E-state index in [4.69, 9.17) is 16.6 Å². The molecule has 0 unspecified atom stereocenters. The minimum absolute atomic E-state index is 0.281. The van der Waals surface area contributed by atoms with Crippen LogP contribution >= 0.6 is 11.6 Å². The summed E-state index contributed by atoms with van der Waals surface area (Å²) in [5.41, 5.74) is 2.46. The predicted molar refractivity (Wildman–Crippen MR) is 104 cm³/mol. The highest BCUT2D eigenvalue weighted by Gasteiger charge is 2.26. The number of aliphatic imine (C=N–C) groups is 1. The van der Waals surface area contributed by atoms with E-state index in [1.165, 1.54) is 6.07 Å². The summed E-state index contributed by atoms with van der Waals surface area (Å²) in [7, 11) is 0. The van der Waals surface area contributed by atoms with Gasteiger partial charge >= 0.3 is 0 Å². The van der Waals surface area contributed by atoms with E-state index in [0.29, 0.717) is 46.7 Å². The van der Waals surface area contributed by atoms with Crippen molar-refractivity contribution in [3.63, 3.8) is 0 Å². The second-order valence-electron chi connectivity index (χ2n) is 6.07. The third-order valence-corrected chi connectivity index (χ3v) is 4.67. The fourth-order valence-corrected chi connectivity index (χ4v) is 3.39. The second-order valence-corrected chi connectivity index (χ2v) is 6.48. The van der Waals surface area contributed by atoms with Gasteiger partial charge in [-0.05, 0) is 12.1 Å². The molecule has 2 heterocycles. The minimum atomic E-state index is -0.361. The highest BCUT2D eigenvalue weighted by atomic mass is 35.5. The maximum atomic E-state index is 15.0. The first kappa shape index (κ1) is 17.6. The van der Waals surface area contributed by atoms with Crippen LogP contribution in [0.4, 0.5) is 4.39 Å². The number of halogens is 2. The Morgan fingerprint density at radius 2 is 1.96 bits per heavy atom. The summed E-state index contributed by atoms with van der Waals surface area (Å²) in [4.78, 5) is 4.69. The molecule has 0 amide bonds. The van der Waals surface area contributed by atoms with E-state index < -0.39 is 0 Å².